The van der Waals surface area contributed by atoms with Crippen molar-refractivity contribution in [3.8, 4) is 0 Å². The molecule has 102 valence electrons. The number of rotatable bonds is 2. The zero-order valence-corrected chi connectivity index (χ0v) is 14.7. The maximum absolute atomic E-state index is 11.2. The van der Waals surface area contributed by atoms with Gasteiger partial charge in [0.2, 0.25) is 0 Å². The number of hydrogen-bond donors (Lipinski definition) is 0. The maximum Gasteiger partial charge on any atom is 0.161 e. The van der Waals surface area contributed by atoms with Gasteiger partial charge in [-0.05, 0) is 27.0 Å². The average molecular weight is 338 g/mol. The van der Waals surface area contributed by atoms with Crippen LogP contribution in [0.25, 0.3) is 10.9 Å². The second-order valence-electron chi connectivity index (χ2n) is 6.52. The van der Waals surface area contributed by atoms with E-state index >= 15 is 0 Å². The molecule has 1 aromatic heterocycles. The van der Waals surface area contributed by atoms with Crippen molar-refractivity contribution in [2.75, 3.05) is 0 Å². The Kier molecular flexibility index (Phi) is 3.52. The third-order valence-electron chi connectivity index (χ3n) is 4.38. The number of aldehydes is 1. The Hall–Kier alpha value is -0.873. The van der Waals surface area contributed by atoms with Crippen LogP contribution in [0.3, 0.4) is 0 Å². The number of aromatic nitrogens is 1. The molecule has 0 radical (unpaired) electrons. The highest BCUT2D eigenvalue weighted by atomic mass is 79.9. The highest BCUT2D eigenvalue weighted by Gasteiger charge is 2.38. The molecule has 0 atom stereocenters. The van der Waals surface area contributed by atoms with Crippen LogP contribution in [0.5, 0.6) is 0 Å². The van der Waals surface area contributed by atoms with Gasteiger partial charge in [-0.3, -0.25) is 4.79 Å². The second kappa shape index (κ2) is 4.60. The first kappa shape index (κ1) is 14.5. The Bertz CT molecular complexity index is 637. The molecule has 0 amide bonds. The summed E-state index contributed by atoms with van der Waals surface area (Å²) in [6, 6.07) is 5.94. The van der Waals surface area contributed by atoms with Gasteiger partial charge >= 0.3 is 0 Å². The SMILES string of the molecule is CC(C)(C)[Si](C)(C)n1cc(Br)c2c(C=O)cccc21. The van der Waals surface area contributed by atoms with Gasteiger partial charge < -0.3 is 4.23 Å². The van der Waals surface area contributed by atoms with E-state index in [2.05, 4.69) is 66.3 Å². The Balaban J connectivity index is 2.81. The van der Waals surface area contributed by atoms with Crippen molar-refractivity contribution >= 4 is 41.4 Å². The number of carbonyl (C=O) groups is 1. The number of fused-ring (bicyclic) bond motifs is 1. The van der Waals surface area contributed by atoms with E-state index < -0.39 is 8.24 Å². The molecule has 4 heteroatoms. The lowest BCUT2D eigenvalue weighted by atomic mass is 10.1. The Morgan fingerprint density at radius 1 is 1.26 bits per heavy atom. The van der Waals surface area contributed by atoms with Crippen LogP contribution in [0.1, 0.15) is 31.1 Å². The van der Waals surface area contributed by atoms with E-state index in [0.29, 0.717) is 0 Å². The molecular formula is C15H20BrNOSi. The van der Waals surface area contributed by atoms with E-state index in [1.807, 2.05) is 12.1 Å². The smallest absolute Gasteiger partial charge is 0.161 e. The molecule has 0 aliphatic rings. The Labute approximate surface area is 124 Å². The third kappa shape index (κ3) is 2.21. The summed E-state index contributed by atoms with van der Waals surface area (Å²) in [5, 5.41) is 1.28. The summed E-state index contributed by atoms with van der Waals surface area (Å²) >= 11 is 3.61. The first-order chi connectivity index (χ1) is 8.70. The van der Waals surface area contributed by atoms with Crippen molar-refractivity contribution < 1.29 is 4.79 Å². The molecule has 0 spiro atoms. The van der Waals surface area contributed by atoms with Gasteiger partial charge in [-0.25, -0.2) is 0 Å². The summed E-state index contributed by atoms with van der Waals surface area (Å²) < 4.78 is 3.41. The molecule has 0 aliphatic heterocycles. The molecule has 2 rings (SSSR count). The van der Waals surface area contributed by atoms with Crippen LogP contribution < -0.4 is 0 Å². The first-order valence-corrected chi connectivity index (χ1v) is 10.2. The number of benzene rings is 1. The summed E-state index contributed by atoms with van der Waals surface area (Å²) in [6.07, 6.45) is 3.08. The maximum atomic E-state index is 11.2. The van der Waals surface area contributed by atoms with Crippen LogP contribution in [0.4, 0.5) is 0 Å². The predicted octanol–water partition coefficient (Wildman–Crippen LogP) is 5.07. The van der Waals surface area contributed by atoms with E-state index in [1.54, 1.807) is 0 Å². The van der Waals surface area contributed by atoms with Gasteiger partial charge in [0, 0.05) is 27.1 Å². The van der Waals surface area contributed by atoms with Gasteiger partial charge in [0.25, 0.3) is 0 Å². The summed E-state index contributed by atoms with van der Waals surface area (Å²) in [5.74, 6) is 0. The summed E-state index contributed by atoms with van der Waals surface area (Å²) in [4.78, 5) is 11.2. The Morgan fingerprint density at radius 3 is 2.42 bits per heavy atom. The van der Waals surface area contributed by atoms with Crippen molar-refractivity contribution in [1.29, 1.82) is 0 Å². The van der Waals surface area contributed by atoms with E-state index in [0.717, 1.165) is 27.2 Å². The zero-order valence-electron chi connectivity index (χ0n) is 12.1. The molecular weight excluding hydrogens is 318 g/mol. The monoisotopic (exact) mass is 337 g/mol. The van der Waals surface area contributed by atoms with Crippen LogP contribution in [0.2, 0.25) is 18.1 Å². The predicted molar refractivity (Wildman–Crippen MR) is 87.6 cm³/mol. The molecule has 1 heterocycles. The van der Waals surface area contributed by atoms with Gasteiger partial charge in [-0.1, -0.05) is 46.0 Å². The lowest BCUT2D eigenvalue weighted by molar-refractivity contribution is 0.112. The molecule has 0 unspecified atom stereocenters. The number of carbonyl (C=O) groups excluding carboxylic acids is 1. The minimum atomic E-state index is -1.69. The normalized spacial score (nSPS) is 12.9. The summed E-state index contributed by atoms with van der Waals surface area (Å²) in [5.41, 5.74) is 1.91. The number of hydrogen-bond acceptors (Lipinski definition) is 1. The lowest BCUT2D eigenvalue weighted by Gasteiger charge is -2.38. The molecule has 0 fully saturated rings. The first-order valence-electron chi connectivity index (χ1n) is 6.45. The van der Waals surface area contributed by atoms with Gasteiger partial charge in [-0.15, -0.1) is 0 Å². The Morgan fingerprint density at radius 2 is 1.89 bits per heavy atom. The molecule has 0 bridgehead atoms. The standard InChI is InChI=1S/C15H20BrNOSi/c1-15(2,3)19(4,5)17-9-12(16)14-11(10-18)7-6-8-13(14)17/h6-10H,1-5H3. The molecule has 2 aromatic rings. The molecule has 0 N–H and O–H groups in total. The van der Waals surface area contributed by atoms with Gasteiger partial charge in [0.1, 0.15) is 0 Å². The highest BCUT2D eigenvalue weighted by Crippen LogP contribution is 2.41. The van der Waals surface area contributed by atoms with Crippen molar-refractivity contribution in [1.82, 2.24) is 4.23 Å². The lowest BCUT2D eigenvalue weighted by Crippen LogP contribution is -2.44. The molecule has 2 nitrogen and oxygen atoms in total. The summed E-state index contributed by atoms with van der Waals surface area (Å²) in [6.45, 7) is 11.6. The van der Waals surface area contributed by atoms with E-state index in [-0.39, 0.29) is 5.04 Å². The fourth-order valence-electron chi connectivity index (χ4n) is 2.19. The van der Waals surface area contributed by atoms with E-state index in [1.165, 1.54) is 0 Å². The fourth-order valence-corrected chi connectivity index (χ4v) is 4.98. The molecule has 0 saturated heterocycles. The minimum Gasteiger partial charge on any atom is -0.373 e. The van der Waals surface area contributed by atoms with Crippen LogP contribution in [0, 0.1) is 0 Å². The second-order valence-corrected chi connectivity index (χ2v) is 12.5. The van der Waals surface area contributed by atoms with E-state index in [9.17, 15) is 4.79 Å². The highest BCUT2D eigenvalue weighted by molar-refractivity contribution is 9.10. The third-order valence-corrected chi connectivity index (χ3v) is 10.2. The number of halogens is 1. The van der Waals surface area contributed by atoms with Gasteiger partial charge in [0.05, 0.1) is 0 Å². The molecule has 0 saturated carbocycles. The van der Waals surface area contributed by atoms with Gasteiger partial charge in [-0.2, -0.15) is 0 Å². The largest absolute Gasteiger partial charge is 0.373 e. The quantitative estimate of drug-likeness (QED) is 0.553. The zero-order chi connectivity index (χ0) is 14.4. The van der Waals surface area contributed by atoms with Crippen LogP contribution in [-0.2, 0) is 0 Å². The average Bonchev–Trinajstić information content (AvgIpc) is 2.66. The van der Waals surface area contributed by atoms with Crippen LogP contribution >= 0.6 is 15.9 Å². The summed E-state index contributed by atoms with van der Waals surface area (Å²) in [7, 11) is -1.69. The van der Waals surface area contributed by atoms with E-state index in [4.69, 9.17) is 0 Å². The topological polar surface area (TPSA) is 22.0 Å². The van der Waals surface area contributed by atoms with Crippen LogP contribution in [-0.4, -0.2) is 18.8 Å². The van der Waals surface area contributed by atoms with Crippen molar-refractivity contribution in [2.45, 2.75) is 38.9 Å². The van der Waals surface area contributed by atoms with Crippen molar-refractivity contribution in [3.05, 3.63) is 34.4 Å². The van der Waals surface area contributed by atoms with Crippen molar-refractivity contribution in [3.63, 3.8) is 0 Å². The number of nitrogens with zero attached hydrogens (tertiary/aromatic N) is 1. The van der Waals surface area contributed by atoms with Crippen molar-refractivity contribution in [2.24, 2.45) is 0 Å². The molecule has 19 heavy (non-hydrogen) atoms. The minimum absolute atomic E-state index is 0.246. The fraction of sp³-hybridized carbons (Fsp3) is 0.400. The molecule has 0 aliphatic carbocycles. The van der Waals surface area contributed by atoms with Crippen LogP contribution in [0.15, 0.2) is 28.9 Å². The van der Waals surface area contributed by atoms with Gasteiger partial charge in [0.15, 0.2) is 14.5 Å². The molecule has 1 aromatic carbocycles.